The van der Waals surface area contributed by atoms with Crippen LogP contribution in [-0.2, 0) is 6.61 Å². The van der Waals surface area contributed by atoms with Gasteiger partial charge in [-0.25, -0.2) is 4.79 Å². The SMILES string of the molecule is COc1cc(CO)c2cc(-c3ccccc3)c(=O)oc2c1. The molecule has 0 atom stereocenters. The summed E-state index contributed by atoms with van der Waals surface area (Å²) in [7, 11) is 1.53. The molecule has 2 aromatic carbocycles. The van der Waals surface area contributed by atoms with Gasteiger partial charge < -0.3 is 14.3 Å². The number of rotatable bonds is 3. The van der Waals surface area contributed by atoms with Gasteiger partial charge in [0.05, 0.1) is 19.3 Å². The summed E-state index contributed by atoms with van der Waals surface area (Å²) >= 11 is 0. The third kappa shape index (κ3) is 2.41. The van der Waals surface area contributed by atoms with E-state index in [1.165, 1.54) is 7.11 Å². The van der Waals surface area contributed by atoms with Crippen molar-refractivity contribution in [3.8, 4) is 16.9 Å². The highest BCUT2D eigenvalue weighted by atomic mass is 16.5. The highest BCUT2D eigenvalue weighted by molar-refractivity contribution is 5.86. The fourth-order valence-corrected chi connectivity index (χ4v) is 2.33. The monoisotopic (exact) mass is 282 g/mol. The number of ether oxygens (including phenoxy) is 1. The van der Waals surface area contributed by atoms with Crippen LogP contribution >= 0.6 is 0 Å². The van der Waals surface area contributed by atoms with Gasteiger partial charge in [0.25, 0.3) is 0 Å². The summed E-state index contributed by atoms with van der Waals surface area (Å²) in [6.45, 7) is -0.157. The van der Waals surface area contributed by atoms with Gasteiger partial charge in [0.15, 0.2) is 0 Å². The normalized spacial score (nSPS) is 10.8. The molecular formula is C17H14O4. The minimum absolute atomic E-state index is 0.157. The van der Waals surface area contributed by atoms with Crippen LogP contribution in [-0.4, -0.2) is 12.2 Å². The zero-order chi connectivity index (χ0) is 14.8. The average molecular weight is 282 g/mol. The number of aliphatic hydroxyl groups is 1. The first-order valence-electron chi connectivity index (χ1n) is 6.54. The number of hydrogen-bond acceptors (Lipinski definition) is 4. The van der Waals surface area contributed by atoms with Gasteiger partial charge in [-0.05, 0) is 23.3 Å². The molecule has 0 bridgehead atoms. The molecule has 0 radical (unpaired) electrons. The molecule has 1 N–H and O–H groups in total. The minimum atomic E-state index is -0.411. The minimum Gasteiger partial charge on any atom is -0.497 e. The lowest BCUT2D eigenvalue weighted by molar-refractivity contribution is 0.282. The van der Waals surface area contributed by atoms with Crippen LogP contribution in [0.3, 0.4) is 0 Å². The molecule has 3 rings (SSSR count). The van der Waals surface area contributed by atoms with E-state index >= 15 is 0 Å². The summed E-state index contributed by atoms with van der Waals surface area (Å²) in [6, 6.07) is 14.4. The molecule has 1 heterocycles. The standard InChI is InChI=1S/C17H14O4/c1-20-13-7-12(10-18)14-9-15(11-5-3-2-4-6-11)17(19)21-16(14)8-13/h2-9,18H,10H2,1H3. The zero-order valence-electron chi connectivity index (χ0n) is 11.5. The summed E-state index contributed by atoms with van der Waals surface area (Å²) in [5.41, 5.74) is 1.91. The second-order valence-electron chi connectivity index (χ2n) is 4.67. The van der Waals surface area contributed by atoms with E-state index in [0.717, 1.165) is 5.56 Å². The van der Waals surface area contributed by atoms with Crippen molar-refractivity contribution in [1.29, 1.82) is 0 Å². The van der Waals surface area contributed by atoms with Crippen molar-refractivity contribution in [3.05, 3.63) is 64.5 Å². The molecule has 0 saturated carbocycles. The van der Waals surface area contributed by atoms with Crippen molar-refractivity contribution in [2.45, 2.75) is 6.61 Å². The second-order valence-corrected chi connectivity index (χ2v) is 4.67. The number of methoxy groups -OCH3 is 1. The molecule has 3 aromatic rings. The molecule has 0 unspecified atom stereocenters. The van der Waals surface area contributed by atoms with Crippen LogP contribution in [0.5, 0.6) is 5.75 Å². The van der Waals surface area contributed by atoms with E-state index < -0.39 is 5.63 Å². The molecule has 106 valence electrons. The predicted molar refractivity (Wildman–Crippen MR) is 80.4 cm³/mol. The summed E-state index contributed by atoms with van der Waals surface area (Å²) in [5.74, 6) is 0.544. The molecule has 0 fully saturated rings. The fraction of sp³-hybridized carbons (Fsp3) is 0.118. The first-order valence-corrected chi connectivity index (χ1v) is 6.54. The van der Waals surface area contributed by atoms with Crippen molar-refractivity contribution in [3.63, 3.8) is 0 Å². The van der Waals surface area contributed by atoms with Gasteiger partial charge in [-0.2, -0.15) is 0 Å². The van der Waals surface area contributed by atoms with Gasteiger partial charge in [0.1, 0.15) is 11.3 Å². The summed E-state index contributed by atoms with van der Waals surface area (Å²) in [5, 5.41) is 10.2. The molecule has 0 saturated heterocycles. The number of hydrogen-bond donors (Lipinski definition) is 1. The first-order chi connectivity index (χ1) is 10.2. The number of benzene rings is 2. The Morgan fingerprint density at radius 1 is 1.14 bits per heavy atom. The van der Waals surface area contributed by atoms with Gasteiger partial charge in [0.2, 0.25) is 0 Å². The Hall–Kier alpha value is -2.59. The third-order valence-electron chi connectivity index (χ3n) is 3.40. The van der Waals surface area contributed by atoms with E-state index in [9.17, 15) is 9.90 Å². The van der Waals surface area contributed by atoms with Crippen LogP contribution in [0.2, 0.25) is 0 Å². The van der Waals surface area contributed by atoms with Crippen LogP contribution < -0.4 is 10.4 Å². The molecule has 0 spiro atoms. The Bertz CT molecular complexity index is 835. The Morgan fingerprint density at radius 2 is 1.90 bits per heavy atom. The molecular weight excluding hydrogens is 268 g/mol. The van der Waals surface area contributed by atoms with Gasteiger partial charge in [-0.1, -0.05) is 30.3 Å². The van der Waals surface area contributed by atoms with Crippen molar-refractivity contribution >= 4 is 11.0 Å². The van der Waals surface area contributed by atoms with Crippen molar-refractivity contribution < 1.29 is 14.3 Å². The van der Waals surface area contributed by atoms with Crippen LogP contribution in [0.25, 0.3) is 22.1 Å². The molecule has 21 heavy (non-hydrogen) atoms. The Balaban J connectivity index is 2.31. The lowest BCUT2D eigenvalue weighted by atomic mass is 10.0. The highest BCUT2D eigenvalue weighted by Crippen LogP contribution is 2.27. The smallest absolute Gasteiger partial charge is 0.344 e. The van der Waals surface area contributed by atoms with Gasteiger partial charge in [-0.3, -0.25) is 0 Å². The van der Waals surface area contributed by atoms with Crippen molar-refractivity contribution in [1.82, 2.24) is 0 Å². The molecule has 1 aromatic heterocycles. The van der Waals surface area contributed by atoms with E-state index in [1.807, 2.05) is 30.3 Å². The van der Waals surface area contributed by atoms with E-state index in [2.05, 4.69) is 0 Å². The zero-order valence-corrected chi connectivity index (χ0v) is 11.5. The maximum Gasteiger partial charge on any atom is 0.344 e. The van der Waals surface area contributed by atoms with Crippen molar-refractivity contribution in [2.75, 3.05) is 7.11 Å². The largest absolute Gasteiger partial charge is 0.497 e. The lowest BCUT2D eigenvalue weighted by Crippen LogP contribution is -2.03. The summed E-state index contributed by atoms with van der Waals surface area (Å²) in [6.07, 6.45) is 0. The Labute approximate surface area is 121 Å². The van der Waals surface area contributed by atoms with Gasteiger partial charge >= 0.3 is 5.63 Å². The predicted octanol–water partition coefficient (Wildman–Crippen LogP) is 2.96. The van der Waals surface area contributed by atoms with Crippen LogP contribution in [0.1, 0.15) is 5.56 Å². The molecule has 0 aliphatic rings. The van der Waals surface area contributed by atoms with Crippen LogP contribution in [0.15, 0.2) is 57.7 Å². The molecule has 0 amide bonds. The Morgan fingerprint density at radius 3 is 2.57 bits per heavy atom. The van der Waals surface area contributed by atoms with Crippen LogP contribution in [0, 0.1) is 0 Å². The summed E-state index contributed by atoms with van der Waals surface area (Å²) < 4.78 is 10.5. The first kappa shape index (κ1) is 13.4. The maximum atomic E-state index is 12.2. The second kappa shape index (κ2) is 5.42. The summed E-state index contributed by atoms with van der Waals surface area (Å²) in [4.78, 5) is 12.2. The van der Waals surface area contributed by atoms with Crippen LogP contribution in [0.4, 0.5) is 0 Å². The third-order valence-corrected chi connectivity index (χ3v) is 3.40. The average Bonchev–Trinajstić information content (AvgIpc) is 2.53. The molecule has 4 heteroatoms. The van der Waals surface area contributed by atoms with E-state index in [0.29, 0.717) is 27.8 Å². The maximum absolute atomic E-state index is 12.2. The molecule has 4 nitrogen and oxygen atoms in total. The topological polar surface area (TPSA) is 59.7 Å². The highest BCUT2D eigenvalue weighted by Gasteiger charge is 2.11. The number of fused-ring (bicyclic) bond motifs is 1. The quantitative estimate of drug-likeness (QED) is 0.750. The fourth-order valence-electron chi connectivity index (χ4n) is 2.33. The van der Waals surface area contributed by atoms with E-state index in [-0.39, 0.29) is 6.61 Å². The molecule has 0 aliphatic heterocycles. The van der Waals surface area contributed by atoms with Crippen molar-refractivity contribution in [2.24, 2.45) is 0 Å². The van der Waals surface area contributed by atoms with Gasteiger partial charge in [0, 0.05) is 11.5 Å². The number of aliphatic hydroxyl groups excluding tert-OH is 1. The van der Waals surface area contributed by atoms with E-state index in [4.69, 9.17) is 9.15 Å². The van der Waals surface area contributed by atoms with Gasteiger partial charge in [-0.15, -0.1) is 0 Å². The lowest BCUT2D eigenvalue weighted by Gasteiger charge is -2.08. The Kier molecular flexibility index (Phi) is 3.46. The molecule has 0 aliphatic carbocycles. The van der Waals surface area contributed by atoms with E-state index in [1.54, 1.807) is 18.2 Å².